The van der Waals surface area contributed by atoms with Crippen molar-refractivity contribution in [1.82, 2.24) is 15.6 Å². The van der Waals surface area contributed by atoms with Gasteiger partial charge in [0.15, 0.2) is 0 Å². The maximum absolute atomic E-state index is 12.9. The van der Waals surface area contributed by atoms with Crippen LogP contribution in [-0.4, -0.2) is 22.7 Å². The molecule has 0 unspecified atom stereocenters. The van der Waals surface area contributed by atoms with Crippen molar-refractivity contribution >= 4 is 6.03 Å². The Balaban J connectivity index is 1.84. The van der Waals surface area contributed by atoms with E-state index in [1.807, 2.05) is 20.8 Å². The van der Waals surface area contributed by atoms with Gasteiger partial charge in [0.25, 0.3) is 0 Å². The number of urea groups is 1. The van der Waals surface area contributed by atoms with Gasteiger partial charge in [-0.05, 0) is 24.6 Å². The van der Waals surface area contributed by atoms with Crippen molar-refractivity contribution in [3.63, 3.8) is 0 Å². The Kier molecular flexibility index (Phi) is 5.47. The summed E-state index contributed by atoms with van der Waals surface area (Å²) in [5, 5.41) is 15.6. The van der Waals surface area contributed by atoms with Gasteiger partial charge in [-0.25, -0.2) is 14.2 Å². The van der Waals surface area contributed by atoms with Crippen molar-refractivity contribution in [3.8, 4) is 0 Å². The second-order valence-electron chi connectivity index (χ2n) is 7.19. The molecule has 2 aromatic rings. The van der Waals surface area contributed by atoms with E-state index in [-0.39, 0.29) is 24.3 Å². The summed E-state index contributed by atoms with van der Waals surface area (Å²) in [4.78, 5) is 16.0. The molecule has 136 valence electrons. The maximum Gasteiger partial charge on any atom is 0.315 e. The number of aromatic nitrogens is 1. The monoisotopic (exact) mass is 349 g/mol. The minimum atomic E-state index is -1.31. The number of hydrogen-bond acceptors (Lipinski definition) is 4. The van der Waals surface area contributed by atoms with Crippen LogP contribution in [0.5, 0.6) is 0 Å². The molecule has 1 heterocycles. The Morgan fingerprint density at radius 3 is 2.40 bits per heavy atom. The molecule has 0 bridgehead atoms. The van der Waals surface area contributed by atoms with Crippen molar-refractivity contribution in [2.24, 2.45) is 0 Å². The molecule has 0 radical (unpaired) electrons. The molecule has 0 spiro atoms. The van der Waals surface area contributed by atoms with Crippen LogP contribution in [0.4, 0.5) is 9.18 Å². The molecule has 6 nitrogen and oxygen atoms in total. The van der Waals surface area contributed by atoms with Crippen LogP contribution in [0, 0.1) is 5.82 Å². The van der Waals surface area contributed by atoms with Crippen LogP contribution in [0.2, 0.25) is 0 Å². The minimum absolute atomic E-state index is 0.0245. The van der Waals surface area contributed by atoms with Gasteiger partial charge < -0.3 is 20.2 Å². The molecule has 25 heavy (non-hydrogen) atoms. The van der Waals surface area contributed by atoms with Crippen LogP contribution < -0.4 is 10.6 Å². The number of halogens is 1. The highest BCUT2D eigenvalue weighted by molar-refractivity contribution is 5.73. The molecule has 1 aromatic heterocycles. The van der Waals surface area contributed by atoms with E-state index in [9.17, 15) is 14.3 Å². The first-order valence-electron chi connectivity index (χ1n) is 8.03. The van der Waals surface area contributed by atoms with Crippen molar-refractivity contribution in [2.75, 3.05) is 6.54 Å². The Bertz CT molecular complexity index is 718. The number of aliphatic hydroxyl groups is 1. The highest BCUT2D eigenvalue weighted by Crippen LogP contribution is 2.22. The third-order valence-electron chi connectivity index (χ3n) is 3.75. The second-order valence-corrected chi connectivity index (χ2v) is 7.19. The van der Waals surface area contributed by atoms with Crippen LogP contribution >= 0.6 is 0 Å². The zero-order chi connectivity index (χ0) is 18.7. The average molecular weight is 349 g/mol. The summed E-state index contributed by atoms with van der Waals surface area (Å²) in [6.07, 6.45) is 1.65. The third-order valence-corrected chi connectivity index (χ3v) is 3.75. The van der Waals surface area contributed by atoms with Crippen LogP contribution in [0.3, 0.4) is 0 Å². The number of benzene rings is 1. The van der Waals surface area contributed by atoms with Crippen molar-refractivity contribution < 1.29 is 18.7 Å². The minimum Gasteiger partial charge on any atom is -0.443 e. The van der Waals surface area contributed by atoms with E-state index < -0.39 is 11.6 Å². The van der Waals surface area contributed by atoms with Crippen molar-refractivity contribution in [2.45, 2.75) is 45.3 Å². The van der Waals surface area contributed by atoms with Gasteiger partial charge in [0.05, 0.1) is 19.3 Å². The predicted molar refractivity (Wildman–Crippen MR) is 91.4 cm³/mol. The molecule has 1 atom stereocenters. The normalized spacial score (nSPS) is 14.0. The number of hydrogen-bond donors (Lipinski definition) is 3. The summed E-state index contributed by atoms with van der Waals surface area (Å²) in [7, 11) is 0. The number of nitrogens with one attached hydrogen (secondary N) is 2. The molecule has 0 saturated heterocycles. The van der Waals surface area contributed by atoms with Gasteiger partial charge >= 0.3 is 6.03 Å². The maximum atomic E-state index is 12.9. The van der Waals surface area contributed by atoms with Crippen molar-refractivity contribution in [1.29, 1.82) is 0 Å². The molecule has 0 aliphatic heterocycles. The molecule has 0 aliphatic rings. The van der Waals surface area contributed by atoms with E-state index >= 15 is 0 Å². The highest BCUT2D eigenvalue weighted by Gasteiger charge is 2.24. The first-order valence-corrected chi connectivity index (χ1v) is 8.03. The van der Waals surface area contributed by atoms with Crippen LogP contribution in [0.25, 0.3) is 0 Å². The van der Waals surface area contributed by atoms with Gasteiger partial charge in [0.1, 0.15) is 17.2 Å². The summed E-state index contributed by atoms with van der Waals surface area (Å²) >= 11 is 0. The number of carbonyl (C=O) groups excluding carboxylic acids is 1. The lowest BCUT2D eigenvalue weighted by Crippen LogP contribution is -2.43. The van der Waals surface area contributed by atoms with Gasteiger partial charge in [-0.2, -0.15) is 0 Å². The molecular formula is C18H24FN3O3. The zero-order valence-electron chi connectivity index (χ0n) is 14.9. The molecule has 7 heteroatoms. The van der Waals surface area contributed by atoms with E-state index in [2.05, 4.69) is 15.6 Å². The van der Waals surface area contributed by atoms with E-state index in [1.165, 1.54) is 24.3 Å². The first-order chi connectivity index (χ1) is 11.6. The van der Waals surface area contributed by atoms with Gasteiger partial charge in [-0.1, -0.05) is 32.9 Å². The van der Waals surface area contributed by atoms with Crippen LogP contribution in [-0.2, 0) is 17.6 Å². The lowest BCUT2D eigenvalue weighted by Gasteiger charge is -2.24. The zero-order valence-corrected chi connectivity index (χ0v) is 14.9. The lowest BCUT2D eigenvalue weighted by molar-refractivity contribution is 0.0593. The van der Waals surface area contributed by atoms with E-state index in [4.69, 9.17) is 4.42 Å². The van der Waals surface area contributed by atoms with Gasteiger partial charge in [-0.15, -0.1) is 0 Å². The molecular weight excluding hydrogens is 325 g/mol. The topological polar surface area (TPSA) is 87.4 Å². The smallest absolute Gasteiger partial charge is 0.315 e. The predicted octanol–water partition coefficient (Wildman–Crippen LogP) is 2.82. The lowest BCUT2D eigenvalue weighted by atomic mass is 9.94. The van der Waals surface area contributed by atoms with E-state index in [1.54, 1.807) is 13.1 Å². The Morgan fingerprint density at radius 1 is 1.20 bits per heavy atom. The quantitative estimate of drug-likeness (QED) is 0.775. The van der Waals surface area contributed by atoms with Crippen LogP contribution in [0.15, 0.2) is 34.9 Å². The molecule has 3 N–H and O–H groups in total. The summed E-state index contributed by atoms with van der Waals surface area (Å²) in [6, 6.07) is 5.03. The fraction of sp³-hybridized carbons (Fsp3) is 0.444. The molecule has 2 rings (SSSR count). The Morgan fingerprint density at radius 2 is 1.84 bits per heavy atom. The summed E-state index contributed by atoms with van der Waals surface area (Å²) < 4.78 is 18.5. The Hall–Kier alpha value is -2.41. The number of carbonyl (C=O) groups is 1. The first kappa shape index (κ1) is 18.9. The van der Waals surface area contributed by atoms with Gasteiger partial charge in [-0.3, -0.25) is 0 Å². The molecule has 2 amide bonds. The summed E-state index contributed by atoms with van der Waals surface area (Å²) in [5.41, 5.74) is -0.953. The highest BCUT2D eigenvalue weighted by atomic mass is 19.1. The Labute approximate surface area is 146 Å². The second kappa shape index (κ2) is 7.23. The van der Waals surface area contributed by atoms with Gasteiger partial charge in [0.2, 0.25) is 5.89 Å². The largest absolute Gasteiger partial charge is 0.443 e. The summed E-state index contributed by atoms with van der Waals surface area (Å²) in [6.45, 7) is 7.69. The summed E-state index contributed by atoms with van der Waals surface area (Å²) in [5.74, 6) is 0.764. The number of oxazole rings is 1. The molecule has 0 saturated carbocycles. The number of nitrogens with zero attached hydrogens (tertiary/aromatic N) is 1. The molecule has 0 aliphatic carbocycles. The van der Waals surface area contributed by atoms with Gasteiger partial charge in [0, 0.05) is 5.41 Å². The van der Waals surface area contributed by atoms with Crippen LogP contribution in [0.1, 0.15) is 44.9 Å². The standard InChI is InChI=1S/C18H24FN3O3/c1-17(2,3)14-9-20-15(25-14)10-21-16(23)22-11-18(4,24)12-5-7-13(19)8-6-12/h5-9,24H,10-11H2,1-4H3,(H2,21,22,23)/t18-/m1/s1. The SMILES string of the molecule is CC(C)(C)c1cnc(CNC(=O)NC[C@@](C)(O)c2ccc(F)cc2)o1. The molecule has 1 aromatic carbocycles. The van der Waals surface area contributed by atoms with E-state index in [0.29, 0.717) is 11.5 Å². The fourth-order valence-electron chi connectivity index (χ4n) is 2.12. The number of rotatable bonds is 5. The third kappa shape index (κ3) is 5.29. The van der Waals surface area contributed by atoms with E-state index in [0.717, 1.165) is 5.76 Å². The van der Waals surface area contributed by atoms with Crippen molar-refractivity contribution in [3.05, 3.63) is 53.5 Å². The average Bonchev–Trinajstić information content (AvgIpc) is 3.01. The number of amides is 2. The fourth-order valence-corrected chi connectivity index (χ4v) is 2.12. The molecule has 0 fully saturated rings.